The van der Waals surface area contributed by atoms with Crippen LogP contribution < -0.4 is 5.73 Å². The summed E-state index contributed by atoms with van der Waals surface area (Å²) >= 11 is 1.75. The van der Waals surface area contributed by atoms with Crippen molar-refractivity contribution >= 4 is 23.7 Å². The van der Waals surface area contributed by atoms with Crippen molar-refractivity contribution in [1.29, 1.82) is 0 Å². The molecule has 1 aliphatic heterocycles. The molecule has 2 rings (SSSR count). The third-order valence-electron chi connectivity index (χ3n) is 2.19. The Morgan fingerprint density at radius 1 is 1.54 bits per heavy atom. The van der Waals surface area contributed by atoms with Gasteiger partial charge in [-0.25, -0.2) is 0 Å². The van der Waals surface area contributed by atoms with Gasteiger partial charge in [0.15, 0.2) is 0 Å². The molecule has 0 spiro atoms. The predicted molar refractivity (Wildman–Crippen MR) is 57.5 cm³/mol. The van der Waals surface area contributed by atoms with Crippen molar-refractivity contribution in [3.63, 3.8) is 0 Å². The van der Waals surface area contributed by atoms with Crippen LogP contribution in [-0.4, -0.2) is 12.6 Å². The average Bonchev–Trinajstić information content (AvgIpc) is 2.56. The molecule has 2 heterocycles. The van der Waals surface area contributed by atoms with E-state index in [1.54, 1.807) is 11.3 Å². The lowest BCUT2D eigenvalue weighted by molar-refractivity contribution is 0.00886. The molecular formula is C9H14ClNOS. The van der Waals surface area contributed by atoms with Gasteiger partial charge in [0.2, 0.25) is 0 Å². The molecule has 0 bridgehead atoms. The van der Waals surface area contributed by atoms with Crippen molar-refractivity contribution in [2.75, 3.05) is 6.61 Å². The number of thiophene rings is 1. The van der Waals surface area contributed by atoms with Gasteiger partial charge >= 0.3 is 0 Å². The van der Waals surface area contributed by atoms with Crippen molar-refractivity contribution < 1.29 is 4.74 Å². The van der Waals surface area contributed by atoms with E-state index in [2.05, 4.69) is 17.5 Å². The van der Waals surface area contributed by atoms with Gasteiger partial charge in [0.25, 0.3) is 0 Å². The highest BCUT2D eigenvalue weighted by molar-refractivity contribution is 7.10. The lowest BCUT2D eigenvalue weighted by Gasteiger charge is -2.26. The number of rotatable bonds is 1. The van der Waals surface area contributed by atoms with Crippen LogP contribution in [0.5, 0.6) is 0 Å². The topological polar surface area (TPSA) is 35.2 Å². The molecule has 1 aliphatic rings. The van der Waals surface area contributed by atoms with E-state index in [4.69, 9.17) is 10.5 Å². The number of hydrogen-bond acceptors (Lipinski definition) is 3. The van der Waals surface area contributed by atoms with Crippen LogP contribution in [0.3, 0.4) is 0 Å². The Bertz CT molecular complexity index is 240. The summed E-state index contributed by atoms with van der Waals surface area (Å²) in [5, 5.41) is 2.08. The molecule has 0 aliphatic carbocycles. The van der Waals surface area contributed by atoms with Crippen LogP contribution >= 0.6 is 23.7 Å². The average molecular weight is 220 g/mol. The van der Waals surface area contributed by atoms with E-state index in [9.17, 15) is 0 Å². The highest BCUT2D eigenvalue weighted by Gasteiger charge is 2.21. The first-order valence-corrected chi connectivity index (χ1v) is 5.15. The van der Waals surface area contributed by atoms with Gasteiger partial charge in [0.05, 0.1) is 6.10 Å². The molecule has 0 unspecified atom stereocenters. The van der Waals surface area contributed by atoms with Crippen LogP contribution in [0.4, 0.5) is 0 Å². The molecule has 0 radical (unpaired) electrons. The zero-order valence-electron chi connectivity index (χ0n) is 7.31. The van der Waals surface area contributed by atoms with Crippen molar-refractivity contribution in [2.45, 2.75) is 25.0 Å². The maximum absolute atomic E-state index is 5.86. The summed E-state index contributed by atoms with van der Waals surface area (Å²) in [7, 11) is 0. The first kappa shape index (κ1) is 11.0. The fourth-order valence-corrected chi connectivity index (χ4v) is 2.28. The van der Waals surface area contributed by atoms with E-state index in [1.165, 1.54) is 4.88 Å². The Kier molecular flexibility index (Phi) is 4.19. The third-order valence-corrected chi connectivity index (χ3v) is 3.15. The number of hydrogen-bond donors (Lipinski definition) is 1. The molecule has 2 nitrogen and oxygen atoms in total. The second-order valence-corrected chi connectivity index (χ2v) is 4.14. The zero-order valence-corrected chi connectivity index (χ0v) is 8.94. The predicted octanol–water partition coefficient (Wildman–Crippen LogP) is 2.35. The van der Waals surface area contributed by atoms with Gasteiger partial charge in [0.1, 0.15) is 0 Å². The minimum absolute atomic E-state index is 0. The Hall–Kier alpha value is -0.0900. The minimum Gasteiger partial charge on any atom is -0.373 e. The van der Waals surface area contributed by atoms with Gasteiger partial charge < -0.3 is 10.5 Å². The highest BCUT2D eigenvalue weighted by Crippen LogP contribution is 2.29. The molecule has 13 heavy (non-hydrogen) atoms. The highest BCUT2D eigenvalue weighted by atomic mass is 35.5. The number of halogens is 1. The van der Waals surface area contributed by atoms with E-state index in [0.29, 0.717) is 6.04 Å². The first-order chi connectivity index (χ1) is 5.86. The molecule has 4 heteroatoms. The van der Waals surface area contributed by atoms with Gasteiger partial charge in [-0.15, -0.1) is 23.7 Å². The van der Waals surface area contributed by atoms with Crippen LogP contribution in [0.2, 0.25) is 0 Å². The van der Waals surface area contributed by atoms with Crippen LogP contribution in [0.25, 0.3) is 0 Å². The van der Waals surface area contributed by atoms with E-state index < -0.39 is 0 Å². The lowest BCUT2D eigenvalue weighted by Crippen LogP contribution is -2.30. The third kappa shape index (κ3) is 2.68. The second kappa shape index (κ2) is 4.96. The van der Waals surface area contributed by atoms with Crippen LogP contribution in [0.15, 0.2) is 17.5 Å². The van der Waals surface area contributed by atoms with E-state index >= 15 is 0 Å². The summed E-state index contributed by atoms with van der Waals surface area (Å²) < 4.78 is 5.62. The summed E-state index contributed by atoms with van der Waals surface area (Å²) in [4.78, 5) is 1.31. The molecule has 74 valence electrons. The fourth-order valence-electron chi connectivity index (χ4n) is 1.50. The van der Waals surface area contributed by atoms with Crippen LogP contribution in [0, 0.1) is 0 Å². The Morgan fingerprint density at radius 2 is 2.38 bits per heavy atom. The Labute approximate surface area is 88.5 Å². The van der Waals surface area contributed by atoms with Crippen molar-refractivity contribution in [1.82, 2.24) is 0 Å². The van der Waals surface area contributed by atoms with Gasteiger partial charge in [-0.1, -0.05) is 6.07 Å². The van der Waals surface area contributed by atoms with Crippen LogP contribution in [0.1, 0.15) is 23.8 Å². The monoisotopic (exact) mass is 219 g/mol. The van der Waals surface area contributed by atoms with Crippen LogP contribution in [-0.2, 0) is 4.74 Å². The van der Waals surface area contributed by atoms with E-state index in [0.717, 1.165) is 19.4 Å². The maximum atomic E-state index is 5.86. The smallest absolute Gasteiger partial charge is 0.0931 e. The Balaban J connectivity index is 0.000000845. The zero-order chi connectivity index (χ0) is 8.39. The normalized spacial score (nSPS) is 28.1. The SMILES string of the molecule is Cl.N[C@@H]1CCO[C@@H](c2cccs2)C1. The molecule has 1 aromatic rings. The molecule has 0 saturated carbocycles. The molecule has 2 atom stereocenters. The standard InChI is InChI=1S/C9H13NOS.ClH/c10-7-3-4-11-8(6-7)9-2-1-5-12-9;/h1-2,5,7-8H,3-4,6,10H2;1H/t7-,8-;/m1./s1. The summed E-state index contributed by atoms with van der Waals surface area (Å²) in [5.74, 6) is 0. The van der Waals surface area contributed by atoms with E-state index in [1.807, 2.05) is 0 Å². The molecule has 0 amide bonds. The first-order valence-electron chi connectivity index (χ1n) is 4.27. The Morgan fingerprint density at radius 3 is 3.00 bits per heavy atom. The largest absolute Gasteiger partial charge is 0.373 e. The van der Waals surface area contributed by atoms with Gasteiger partial charge in [0, 0.05) is 17.5 Å². The summed E-state index contributed by atoms with van der Waals surface area (Å²) in [5.41, 5.74) is 5.86. The van der Waals surface area contributed by atoms with Gasteiger partial charge in [-0.2, -0.15) is 0 Å². The summed E-state index contributed by atoms with van der Waals surface area (Å²) in [6.07, 6.45) is 2.23. The molecule has 1 fully saturated rings. The minimum atomic E-state index is 0. The molecule has 1 saturated heterocycles. The summed E-state index contributed by atoms with van der Waals surface area (Å²) in [6.45, 7) is 0.809. The van der Waals surface area contributed by atoms with Gasteiger partial charge in [-0.05, 0) is 24.3 Å². The molecule has 0 aromatic carbocycles. The molecule has 2 N–H and O–H groups in total. The van der Waals surface area contributed by atoms with Gasteiger partial charge in [-0.3, -0.25) is 0 Å². The maximum Gasteiger partial charge on any atom is 0.0931 e. The molecule has 1 aromatic heterocycles. The fraction of sp³-hybridized carbons (Fsp3) is 0.556. The van der Waals surface area contributed by atoms with E-state index in [-0.39, 0.29) is 18.5 Å². The van der Waals surface area contributed by atoms with Crippen molar-refractivity contribution in [2.24, 2.45) is 5.73 Å². The van der Waals surface area contributed by atoms with Crippen molar-refractivity contribution in [3.05, 3.63) is 22.4 Å². The number of nitrogens with two attached hydrogens (primary N) is 1. The second-order valence-electron chi connectivity index (χ2n) is 3.16. The van der Waals surface area contributed by atoms with Crippen molar-refractivity contribution in [3.8, 4) is 0 Å². The molecular weight excluding hydrogens is 206 g/mol. The quantitative estimate of drug-likeness (QED) is 0.787. The summed E-state index contributed by atoms with van der Waals surface area (Å²) in [6, 6.07) is 4.50. The lowest BCUT2D eigenvalue weighted by atomic mass is 10.0. The number of ether oxygens (including phenoxy) is 1.